The normalized spacial score (nSPS) is 15.6. The van der Waals surface area contributed by atoms with E-state index in [1.807, 2.05) is 44.4 Å². The number of anilines is 3. The Morgan fingerprint density at radius 2 is 0.843 bits per heavy atom. The second kappa shape index (κ2) is 46.0. The Hall–Kier alpha value is -14.3. The molecule has 0 spiro atoms. The van der Waals surface area contributed by atoms with Crippen LogP contribution in [0.2, 0.25) is 0 Å². The van der Waals surface area contributed by atoms with Crippen molar-refractivity contribution in [3.8, 4) is 57.1 Å². The maximum atomic E-state index is 13.5. The maximum Gasteiger partial charge on any atom is 0.387 e. The molecule has 3 aromatic carbocycles. The second-order valence-electron chi connectivity index (χ2n) is 35.6. The van der Waals surface area contributed by atoms with Gasteiger partial charge in [-0.1, -0.05) is 39.0 Å². The molecular weight excluding hydrogens is 1820 g/mol. The molecule has 740 valence electrons. The van der Waals surface area contributed by atoms with Crippen LogP contribution in [0, 0.1) is 22.7 Å². The van der Waals surface area contributed by atoms with Gasteiger partial charge in [-0.15, -0.1) is 0 Å². The van der Waals surface area contributed by atoms with Gasteiger partial charge < -0.3 is 64.7 Å². The molecule has 5 saturated heterocycles. The summed E-state index contributed by atoms with van der Waals surface area (Å²) in [6.07, 6.45) is 25.3. The van der Waals surface area contributed by atoms with Crippen LogP contribution in [-0.2, 0) is 62.8 Å². The number of halogens is 6. The number of aryl methyl sites for hydroxylation is 3. The van der Waals surface area contributed by atoms with Crippen LogP contribution in [0.4, 0.5) is 43.4 Å². The van der Waals surface area contributed by atoms with Gasteiger partial charge in [0.1, 0.15) is 70.7 Å². The lowest BCUT2D eigenvalue weighted by Crippen LogP contribution is -2.51. The molecule has 9 aromatic heterocycles. The van der Waals surface area contributed by atoms with Gasteiger partial charge in [-0.3, -0.25) is 57.4 Å². The first kappa shape index (κ1) is 100. The molecule has 4 N–H and O–H groups in total. The number of benzene rings is 3. The fraction of sp³-hybridized carbons (Fsp3) is 0.448. The van der Waals surface area contributed by atoms with Crippen molar-refractivity contribution in [2.45, 2.75) is 144 Å². The molecule has 5 aliphatic heterocycles. The molecule has 0 radical (unpaired) electrons. The summed E-state index contributed by atoms with van der Waals surface area (Å²) < 4.78 is 109. The summed E-state index contributed by atoms with van der Waals surface area (Å²) in [6, 6.07) is 22.5. The maximum absolute atomic E-state index is 13.5. The van der Waals surface area contributed by atoms with Crippen LogP contribution >= 0.6 is 0 Å². The first-order valence-corrected chi connectivity index (χ1v) is 46.7. The van der Waals surface area contributed by atoms with Gasteiger partial charge in [0.15, 0.2) is 16.9 Å². The van der Waals surface area contributed by atoms with Crippen LogP contribution in [0.1, 0.15) is 121 Å². The summed E-state index contributed by atoms with van der Waals surface area (Å²) >= 11 is 0. The van der Waals surface area contributed by atoms with Crippen molar-refractivity contribution in [1.29, 1.82) is 5.26 Å². The number of nitrogens with zero attached hydrogens (tertiary/aromatic N) is 23. The van der Waals surface area contributed by atoms with Crippen molar-refractivity contribution in [3.05, 3.63) is 181 Å². The number of rotatable bonds is 32. The Morgan fingerprint density at radius 3 is 1.19 bits per heavy atom. The van der Waals surface area contributed by atoms with Gasteiger partial charge in [0.05, 0.1) is 66.9 Å². The quantitative estimate of drug-likeness (QED) is 0.0285. The second-order valence-corrected chi connectivity index (χ2v) is 35.6. The molecule has 17 rings (SSSR count). The number of hydrogen-bond acceptors (Lipinski definition) is 25. The van der Waals surface area contributed by atoms with Gasteiger partial charge in [-0.25, -0.2) is 28.5 Å². The minimum absolute atomic E-state index is 0.0815. The summed E-state index contributed by atoms with van der Waals surface area (Å²) in [5.74, 6) is -1.70. The summed E-state index contributed by atoms with van der Waals surface area (Å²) in [6.45, 7) is 12.4. The number of ether oxygens (including phenoxy) is 4. The van der Waals surface area contributed by atoms with Gasteiger partial charge in [0.25, 0.3) is 17.7 Å². The molecule has 14 heterocycles. The Kier molecular flexibility index (Phi) is 32.9. The highest BCUT2D eigenvalue weighted by molar-refractivity contribution is 6.11. The smallest absolute Gasteiger partial charge is 0.387 e. The Morgan fingerprint density at radius 1 is 0.486 bits per heavy atom. The largest absolute Gasteiger partial charge is 0.434 e. The molecule has 7 amide bonds. The molecule has 0 unspecified atom stereocenters. The number of likely N-dealkylation sites (N-methyl/N-ethyl adjacent to an activating group) is 1. The first-order chi connectivity index (χ1) is 67.5. The Bertz CT molecular complexity index is 6390. The number of piperazine rings is 1. The summed E-state index contributed by atoms with van der Waals surface area (Å²) in [5.41, 5.74) is 5.76. The van der Waals surface area contributed by atoms with Gasteiger partial charge in [0.2, 0.25) is 23.6 Å². The molecule has 44 heteroatoms. The van der Waals surface area contributed by atoms with Crippen LogP contribution in [0.3, 0.4) is 0 Å². The highest BCUT2D eigenvalue weighted by Crippen LogP contribution is 2.41. The van der Waals surface area contributed by atoms with E-state index in [-0.39, 0.29) is 134 Å². The monoisotopic (exact) mass is 1930 g/mol. The third-order valence-electron chi connectivity index (χ3n) is 25.4. The molecule has 0 aliphatic carbocycles. The summed E-state index contributed by atoms with van der Waals surface area (Å²) in [7, 11) is 3.55. The van der Waals surface area contributed by atoms with E-state index in [1.165, 1.54) is 83.0 Å². The van der Waals surface area contributed by atoms with E-state index in [2.05, 4.69) is 87.6 Å². The Labute approximate surface area is 802 Å². The lowest BCUT2D eigenvalue weighted by Gasteiger charge is -2.40. The average molecular weight is 1940 g/mol. The average Bonchev–Trinajstić information content (AvgIpc) is 1.61. The zero-order chi connectivity index (χ0) is 98.8. The fourth-order valence-electron chi connectivity index (χ4n) is 17.6. The SMILES string of the molecule is CCc1ccc(OC(F)F)c(-c2nn(CC(=O)N3CCC(CN4CCN(CC(=O)N(C)C)CC4)CC3)cc2NC(=O)c2cnn3cccnc23)c1.CCc1ccc(OC(F)F)c(-c2nn(CC(=O)N3CCC(N4CCOCC4)CC3)cc2NC(=O)c2cnn3cccnc23)c1.CCc1ccc(OC(F)F)c(-c2nn(CC(=O)N3CCC(NCC(C)(C)C#N)CC3)cc2NC(=O)c2cnn3cccnc23)c1. The van der Waals surface area contributed by atoms with Crippen LogP contribution in [0.25, 0.3) is 50.7 Å². The molecule has 12 aromatic rings. The topological polar surface area (TPSA) is 395 Å². The van der Waals surface area contributed by atoms with Crippen molar-refractivity contribution in [2.75, 3.05) is 141 Å². The van der Waals surface area contributed by atoms with E-state index in [9.17, 15) is 65.2 Å². The summed E-state index contributed by atoms with van der Waals surface area (Å²) in [4.78, 5) is 119. The zero-order valence-electron chi connectivity index (χ0n) is 78.9. The van der Waals surface area contributed by atoms with Crippen molar-refractivity contribution < 1.29 is 78.9 Å². The van der Waals surface area contributed by atoms with E-state index < -0.39 is 43.0 Å². The lowest BCUT2D eigenvalue weighted by atomic mass is 9.94. The lowest BCUT2D eigenvalue weighted by molar-refractivity contribution is -0.134. The van der Waals surface area contributed by atoms with Crippen LogP contribution < -0.4 is 35.5 Å². The molecule has 0 saturated carbocycles. The Balaban J connectivity index is 0.000000159. The number of aromatic nitrogens is 15. The fourth-order valence-corrected chi connectivity index (χ4v) is 17.6. The van der Waals surface area contributed by atoms with Gasteiger partial charge in [0, 0.05) is 190 Å². The number of morpholine rings is 1. The first-order valence-electron chi connectivity index (χ1n) is 46.7. The summed E-state index contributed by atoms with van der Waals surface area (Å²) in [5, 5.41) is 47.6. The number of nitrogens with one attached hydrogen (secondary N) is 4. The third-order valence-corrected chi connectivity index (χ3v) is 25.4. The third kappa shape index (κ3) is 25.2. The number of hydrogen-bond donors (Lipinski definition) is 4. The van der Waals surface area contributed by atoms with Crippen LogP contribution in [-0.4, -0.2) is 306 Å². The van der Waals surface area contributed by atoms with E-state index in [4.69, 9.17) is 18.9 Å². The number of piperidine rings is 3. The van der Waals surface area contributed by atoms with E-state index in [0.717, 1.165) is 114 Å². The highest BCUT2D eigenvalue weighted by atomic mass is 19.3. The number of amides is 7. The van der Waals surface area contributed by atoms with Crippen molar-refractivity contribution in [2.24, 2.45) is 11.3 Å². The van der Waals surface area contributed by atoms with Crippen LogP contribution in [0.5, 0.6) is 17.2 Å². The van der Waals surface area contributed by atoms with E-state index in [1.54, 1.807) is 116 Å². The predicted molar refractivity (Wildman–Crippen MR) is 504 cm³/mol. The minimum Gasteiger partial charge on any atom is -0.434 e. The zero-order valence-corrected chi connectivity index (χ0v) is 78.9. The number of likely N-dealkylation sites (tertiary alicyclic amines) is 3. The molecule has 140 heavy (non-hydrogen) atoms. The van der Waals surface area contributed by atoms with Crippen molar-refractivity contribution in [1.82, 2.24) is 113 Å². The number of nitriles is 1. The number of carbonyl (C=O) groups is 7. The van der Waals surface area contributed by atoms with E-state index >= 15 is 0 Å². The van der Waals surface area contributed by atoms with Crippen molar-refractivity contribution >= 4 is 75.4 Å². The number of fused-ring (bicyclic) bond motifs is 3. The van der Waals surface area contributed by atoms with Gasteiger partial charge in [-0.05, 0) is 149 Å². The number of alkyl halides is 6. The highest BCUT2D eigenvalue weighted by Gasteiger charge is 2.35. The predicted octanol–water partition coefficient (Wildman–Crippen LogP) is 10.4. The van der Waals surface area contributed by atoms with Gasteiger partial charge in [-0.2, -0.15) is 62.2 Å². The molecule has 0 bridgehead atoms. The molecular formula is C96H113F6N27O11. The standard InChI is InChI=1S/C35H44F2N10O4.C31H35F2N9O3.C30H34F2N8O4/c1-4-24-6-7-29(51-35(36)37)26(18-24)32-28(40-34(50)27-19-39-47-11-5-10-38-33(27)47)21-46(41-32)23-31(49)45-12-8-25(9-13-45)20-43-14-16-44(17-15-43)22-30(48)42(2)3;1-4-20-6-7-25(45-30(32)33)22(14-20)27-24(38-29(44)23-15-37-42-11-5-10-35-28(23)42)16-41(39-27)17-26(43)40-12-8-21(9-13-40)36-19-31(2,3)18-34;1-2-20-4-5-25(44-30(31)32)22(16-20)27-24(35-29(42)23-17-34-40-9-3-8-33-28(23)40)18-39(36-27)19-26(41)38-10-6-21(7-11-38)37-12-14-43-15-13-37/h5-7,10-11,18-19,21,25,35H,4,8-9,12-17,20,22-23H2,1-3H3,(H,40,50);5-7,10-11,14-16,21,30,36H,4,8-9,12-13,17,19H2,1-3H3,(H,38,44);3-5,8-9,16-18,21,30H,2,6-7,10-15,19H2,1H3,(H,35,42). The number of carbonyl (C=O) groups excluding carboxylic acids is 7. The molecule has 5 fully saturated rings. The van der Waals surface area contributed by atoms with Gasteiger partial charge >= 0.3 is 19.8 Å². The molecule has 0 atom stereocenters. The van der Waals surface area contributed by atoms with E-state index in [0.29, 0.717) is 101 Å². The minimum atomic E-state index is -3.08. The molecule has 38 nitrogen and oxygen atoms in total. The van der Waals surface area contributed by atoms with Crippen LogP contribution in [0.15, 0.2) is 147 Å². The molecule has 5 aliphatic rings. The van der Waals surface area contributed by atoms with Crippen molar-refractivity contribution in [3.63, 3.8) is 0 Å².